The summed E-state index contributed by atoms with van der Waals surface area (Å²) in [6.45, 7) is 11.0. The summed E-state index contributed by atoms with van der Waals surface area (Å²) in [7, 11) is -4.63. The van der Waals surface area contributed by atoms with Crippen LogP contribution < -0.4 is 15.5 Å². The van der Waals surface area contributed by atoms with Crippen LogP contribution in [0.4, 0.5) is 15.3 Å². The van der Waals surface area contributed by atoms with Crippen molar-refractivity contribution >= 4 is 37.3 Å². The van der Waals surface area contributed by atoms with Crippen molar-refractivity contribution in [1.82, 2.24) is 10.6 Å². The third kappa shape index (κ3) is 10.3. The molecular weight excluding hydrogens is 467 g/mol. The number of carbonyl (C=O) groups is 3. The number of hydrogen-bond acceptors (Lipinski definition) is 7. The lowest BCUT2D eigenvalue weighted by Crippen LogP contribution is -2.49. The van der Waals surface area contributed by atoms with Crippen LogP contribution in [0.2, 0.25) is 0 Å². The maximum Gasteiger partial charge on any atom is 0.421 e. The first-order chi connectivity index (χ1) is 15.3. The first-order valence-electron chi connectivity index (χ1n) is 10.3. The van der Waals surface area contributed by atoms with Crippen LogP contribution in [-0.2, 0) is 25.3 Å². The second-order valence-corrected chi connectivity index (χ2v) is 11.3. The van der Waals surface area contributed by atoms with Gasteiger partial charge in [-0.3, -0.25) is 20.1 Å². The molecule has 1 atom stereocenters. The van der Waals surface area contributed by atoms with Crippen molar-refractivity contribution in [2.45, 2.75) is 71.9 Å². The average Bonchev–Trinajstić information content (AvgIpc) is 2.58. The first-order valence-corrected chi connectivity index (χ1v) is 12.0. The molecule has 1 aromatic rings. The van der Waals surface area contributed by atoms with Crippen molar-refractivity contribution in [3.05, 3.63) is 29.8 Å². The molecule has 1 aromatic carbocycles. The molecule has 0 heterocycles. The van der Waals surface area contributed by atoms with Crippen LogP contribution in [-0.4, -0.2) is 50.8 Å². The number of carbonyl (C=O) groups excluding carboxylic acids is 3. The molecule has 0 aliphatic heterocycles. The van der Waals surface area contributed by atoms with E-state index in [-0.39, 0.29) is 12.1 Å². The summed E-state index contributed by atoms with van der Waals surface area (Å²) in [5, 5.41) is 12.7. The van der Waals surface area contributed by atoms with E-state index in [0.29, 0.717) is 5.56 Å². The van der Waals surface area contributed by atoms with E-state index < -0.39 is 48.6 Å². The predicted octanol–water partition coefficient (Wildman–Crippen LogP) is 3.07. The van der Waals surface area contributed by atoms with Crippen LogP contribution in [0.5, 0.6) is 0 Å². The second kappa shape index (κ2) is 11.0. The zero-order valence-electron chi connectivity index (χ0n) is 20.3. The zero-order chi connectivity index (χ0) is 26.5. The molecule has 1 rings (SSSR count). The van der Waals surface area contributed by atoms with Gasteiger partial charge in [0.2, 0.25) is 11.9 Å². The van der Waals surface area contributed by atoms with E-state index in [1.54, 1.807) is 41.5 Å². The van der Waals surface area contributed by atoms with Gasteiger partial charge in [-0.1, -0.05) is 12.1 Å². The van der Waals surface area contributed by atoms with Gasteiger partial charge in [-0.05, 0) is 59.2 Å². The number of hydrogen-bond donors (Lipinski definition) is 5. The Morgan fingerprint density at radius 1 is 1.03 bits per heavy atom. The number of benzene rings is 1. The van der Waals surface area contributed by atoms with Crippen molar-refractivity contribution in [1.29, 1.82) is 5.41 Å². The molecule has 1 unspecified atom stereocenters. The van der Waals surface area contributed by atoms with Gasteiger partial charge in [0.25, 0.3) is 0 Å². The molecule has 0 fully saturated rings. The minimum absolute atomic E-state index is 0.145. The van der Waals surface area contributed by atoms with Gasteiger partial charge in [-0.25, -0.2) is 14.5 Å². The number of amides is 3. The van der Waals surface area contributed by atoms with Gasteiger partial charge in [-0.2, -0.15) is 0 Å². The molecule has 190 valence electrons. The minimum Gasteiger partial charge on any atom is -0.444 e. The smallest absolute Gasteiger partial charge is 0.421 e. The fourth-order valence-electron chi connectivity index (χ4n) is 2.58. The molecule has 0 bridgehead atoms. The number of alkyl carbamates (subject to hydrolysis) is 1. The van der Waals surface area contributed by atoms with E-state index in [4.69, 9.17) is 14.9 Å². The van der Waals surface area contributed by atoms with Crippen LogP contribution in [0.25, 0.3) is 0 Å². The summed E-state index contributed by atoms with van der Waals surface area (Å²) in [5.74, 6) is -2.64. The van der Waals surface area contributed by atoms with E-state index in [9.17, 15) is 28.7 Å². The summed E-state index contributed by atoms with van der Waals surface area (Å²) in [6.07, 6.45) is -2.06. The van der Waals surface area contributed by atoms with Crippen LogP contribution in [0, 0.1) is 5.41 Å². The molecule has 0 saturated heterocycles. The number of guanidine groups is 1. The topological polar surface area (TPSA) is 178 Å². The van der Waals surface area contributed by atoms with Crippen LogP contribution in [0.1, 0.15) is 54.0 Å². The van der Waals surface area contributed by atoms with Crippen molar-refractivity contribution in [2.75, 3.05) is 4.90 Å². The largest absolute Gasteiger partial charge is 0.444 e. The number of nitrogens with zero attached hydrogens (tertiary/aromatic N) is 1. The van der Waals surface area contributed by atoms with Gasteiger partial charge in [0.15, 0.2) is 0 Å². The Balaban J connectivity index is 3.20. The summed E-state index contributed by atoms with van der Waals surface area (Å²) >= 11 is 0. The lowest BCUT2D eigenvalue weighted by molar-refractivity contribution is -0.119. The molecule has 3 amide bonds. The van der Waals surface area contributed by atoms with Crippen molar-refractivity contribution in [2.24, 2.45) is 0 Å². The molecule has 0 aliphatic rings. The summed E-state index contributed by atoms with van der Waals surface area (Å²) in [4.78, 5) is 56.0. The molecule has 0 aromatic heterocycles. The van der Waals surface area contributed by atoms with Gasteiger partial charge in [-0.15, -0.1) is 0 Å². The number of anilines is 1. The van der Waals surface area contributed by atoms with Crippen LogP contribution in [0.15, 0.2) is 24.3 Å². The predicted molar refractivity (Wildman–Crippen MR) is 126 cm³/mol. The molecule has 34 heavy (non-hydrogen) atoms. The quantitative estimate of drug-likeness (QED) is 0.232. The third-order valence-electron chi connectivity index (χ3n) is 3.82. The molecule has 13 heteroatoms. The maximum atomic E-state index is 12.8. The number of nitrogens with one attached hydrogen (secondary N) is 3. The average molecular weight is 500 g/mol. The molecule has 0 radical (unpaired) electrons. The fraction of sp³-hybridized carbons (Fsp3) is 0.524. The first kappa shape index (κ1) is 29.1. The highest BCUT2D eigenvalue weighted by atomic mass is 31.2. The normalized spacial score (nSPS) is 12.9. The Morgan fingerprint density at radius 3 is 1.94 bits per heavy atom. The lowest BCUT2D eigenvalue weighted by atomic mass is 10.1. The number of rotatable bonds is 5. The van der Waals surface area contributed by atoms with E-state index in [0.717, 1.165) is 11.8 Å². The van der Waals surface area contributed by atoms with Crippen molar-refractivity contribution < 1.29 is 38.2 Å². The van der Waals surface area contributed by atoms with Gasteiger partial charge in [0, 0.05) is 13.3 Å². The Labute approximate surface area is 198 Å². The second-order valence-electron chi connectivity index (χ2n) is 9.47. The van der Waals surface area contributed by atoms with E-state index in [2.05, 4.69) is 10.6 Å². The molecule has 0 aliphatic carbocycles. The molecule has 12 nitrogen and oxygen atoms in total. The van der Waals surface area contributed by atoms with Crippen molar-refractivity contribution in [3.8, 4) is 0 Å². The highest BCUT2D eigenvalue weighted by molar-refractivity contribution is 7.52. The van der Waals surface area contributed by atoms with Gasteiger partial charge >= 0.3 is 19.8 Å². The Morgan fingerprint density at radius 2 is 1.53 bits per heavy atom. The highest BCUT2D eigenvalue weighted by Crippen LogP contribution is 2.41. The van der Waals surface area contributed by atoms with E-state index >= 15 is 0 Å². The molecular formula is C21H33N4O8P. The van der Waals surface area contributed by atoms with Crippen LogP contribution in [0.3, 0.4) is 0 Å². The van der Waals surface area contributed by atoms with Gasteiger partial charge in [0.05, 0.1) is 5.69 Å². The minimum atomic E-state index is -4.63. The van der Waals surface area contributed by atoms with Gasteiger partial charge in [0.1, 0.15) is 17.0 Å². The monoisotopic (exact) mass is 500 g/mol. The zero-order valence-corrected chi connectivity index (χ0v) is 21.2. The molecule has 0 spiro atoms. The van der Waals surface area contributed by atoms with E-state index in [1.807, 2.05) is 0 Å². The lowest BCUT2D eigenvalue weighted by Gasteiger charge is -2.28. The maximum absolute atomic E-state index is 12.8. The standard InChI is InChI=1S/C21H33N4O8P/c1-13(26)23-16(34(29,30)31)12-14-8-10-15(11-9-14)25(19(28)33-21(5,6)7)17(22)24-18(27)32-20(2,3)4/h8-11,16H,12H2,1-7H3,(H,23,26)(H2,22,24,27)(H2,29,30,31). The Kier molecular flexibility index (Phi) is 9.40. The fourth-order valence-corrected chi connectivity index (χ4v) is 3.38. The summed E-state index contributed by atoms with van der Waals surface area (Å²) in [6, 6.07) is 5.76. The Bertz CT molecular complexity index is 960. The molecule has 5 N–H and O–H groups in total. The number of ether oxygens (including phenoxy) is 2. The summed E-state index contributed by atoms with van der Waals surface area (Å²) < 4.78 is 22.2. The summed E-state index contributed by atoms with van der Waals surface area (Å²) in [5.41, 5.74) is -1.13. The van der Waals surface area contributed by atoms with Crippen LogP contribution >= 0.6 is 7.60 Å². The molecule has 0 saturated carbocycles. The highest BCUT2D eigenvalue weighted by Gasteiger charge is 2.31. The van der Waals surface area contributed by atoms with Gasteiger partial charge < -0.3 is 24.6 Å². The van der Waals surface area contributed by atoms with E-state index in [1.165, 1.54) is 24.3 Å². The third-order valence-corrected chi connectivity index (χ3v) is 4.94. The SMILES string of the molecule is CC(=O)NC(Cc1ccc(N(C(=N)NC(=O)OC(C)(C)C)C(=O)OC(C)(C)C)cc1)P(=O)(O)O. The van der Waals surface area contributed by atoms with Crippen molar-refractivity contribution in [3.63, 3.8) is 0 Å². The Hall–Kier alpha value is -2.95.